The summed E-state index contributed by atoms with van der Waals surface area (Å²) in [6.45, 7) is 6.50. The number of carbonyl (C=O) groups excluding carboxylic acids is 3. The molecule has 0 heterocycles. The highest BCUT2D eigenvalue weighted by atomic mass is 16.6. The molecule has 0 saturated carbocycles. The van der Waals surface area contributed by atoms with Gasteiger partial charge in [-0.3, -0.25) is 14.4 Å². The van der Waals surface area contributed by atoms with Gasteiger partial charge >= 0.3 is 17.9 Å². The molecule has 0 N–H and O–H groups in total. The Balaban J connectivity index is 4.46. The Hall–Kier alpha value is -3.41. The first-order valence-corrected chi connectivity index (χ1v) is 31.6. The molecule has 0 saturated heterocycles. The van der Waals surface area contributed by atoms with E-state index in [2.05, 4.69) is 99.8 Å². The van der Waals surface area contributed by atoms with Crippen molar-refractivity contribution in [3.05, 3.63) is 85.1 Å². The zero-order chi connectivity index (χ0) is 53.6. The Labute approximate surface area is 458 Å². The van der Waals surface area contributed by atoms with Gasteiger partial charge < -0.3 is 14.2 Å². The van der Waals surface area contributed by atoms with Crippen molar-refractivity contribution in [2.75, 3.05) is 13.2 Å². The van der Waals surface area contributed by atoms with Crippen molar-refractivity contribution >= 4 is 17.9 Å². The Bertz CT molecular complexity index is 1420. The maximum absolute atomic E-state index is 12.9. The molecule has 1 atom stereocenters. The average molecular weight is 1030 g/mol. The molecule has 0 amide bonds. The normalized spacial score (nSPS) is 12.6. The van der Waals surface area contributed by atoms with E-state index in [9.17, 15) is 14.4 Å². The molecular weight excluding hydrogens is 913 g/mol. The minimum absolute atomic E-state index is 0.0977. The molecule has 1 unspecified atom stereocenters. The number of hydrogen-bond acceptors (Lipinski definition) is 6. The number of esters is 3. The number of unbranched alkanes of at least 4 members (excludes halogenated alkanes) is 32. The maximum Gasteiger partial charge on any atom is 0.306 e. The maximum atomic E-state index is 12.9. The molecule has 0 spiro atoms. The molecule has 0 aromatic heterocycles. The molecule has 0 radical (unpaired) electrons. The quantitative estimate of drug-likeness (QED) is 0.0261. The number of ether oxygens (including phenoxy) is 3. The van der Waals surface area contributed by atoms with Crippen molar-refractivity contribution in [3.63, 3.8) is 0 Å². The zero-order valence-electron chi connectivity index (χ0n) is 48.8. The molecule has 0 aromatic carbocycles. The first-order chi connectivity index (χ1) is 36.5. The molecule has 74 heavy (non-hydrogen) atoms. The summed E-state index contributed by atoms with van der Waals surface area (Å²) >= 11 is 0. The van der Waals surface area contributed by atoms with E-state index >= 15 is 0 Å². The van der Waals surface area contributed by atoms with Crippen LogP contribution in [0.4, 0.5) is 0 Å². The van der Waals surface area contributed by atoms with E-state index in [1.54, 1.807) is 0 Å². The van der Waals surface area contributed by atoms with Gasteiger partial charge in [0.2, 0.25) is 0 Å². The lowest BCUT2D eigenvalue weighted by atomic mass is 10.0. The lowest BCUT2D eigenvalue weighted by Crippen LogP contribution is -2.30. The zero-order valence-corrected chi connectivity index (χ0v) is 48.8. The molecule has 0 rings (SSSR count). The van der Waals surface area contributed by atoms with Crippen LogP contribution in [-0.2, 0) is 28.6 Å². The van der Waals surface area contributed by atoms with Crippen LogP contribution >= 0.6 is 0 Å². The van der Waals surface area contributed by atoms with Crippen molar-refractivity contribution in [2.45, 2.75) is 316 Å². The van der Waals surface area contributed by atoms with Gasteiger partial charge in [0.05, 0.1) is 0 Å². The summed E-state index contributed by atoms with van der Waals surface area (Å²) in [5.41, 5.74) is 0. The molecule has 0 aliphatic heterocycles. The lowest BCUT2D eigenvalue weighted by molar-refractivity contribution is -0.166. The van der Waals surface area contributed by atoms with Gasteiger partial charge in [0.1, 0.15) is 13.2 Å². The minimum atomic E-state index is -0.808. The number of rotatable bonds is 57. The third-order valence-corrected chi connectivity index (χ3v) is 13.6. The smallest absolute Gasteiger partial charge is 0.306 e. The van der Waals surface area contributed by atoms with Gasteiger partial charge in [-0.25, -0.2) is 0 Å². The van der Waals surface area contributed by atoms with E-state index < -0.39 is 6.10 Å². The van der Waals surface area contributed by atoms with Crippen LogP contribution in [0.1, 0.15) is 310 Å². The Kier molecular flexibility index (Phi) is 59.3. The van der Waals surface area contributed by atoms with Crippen LogP contribution in [0.5, 0.6) is 0 Å². The standard InChI is InChI=1S/C68H118O6/c1-4-7-10-13-16-19-22-25-28-31-34-37-40-43-46-49-52-55-58-61-67(70)73-64-65(63-72-66(69)60-57-54-51-48-45-42-39-36-33-30-27-24-21-18-15-12-9-6-3)74-68(71)62-59-56-53-50-47-44-41-38-35-32-29-26-23-20-17-14-11-8-5-2/h7,10,16,19,25-26,28-29,34,37,43,46,52,55,65H,4-6,8-9,11-15,17-18,20-24,27,30-33,35-36,38-42,44-45,47-51,53-54,56-64H2,1-3H3/b10-7-,19-16-,28-25-,29-26-,37-34-,46-43-,55-52-. The number of hydrogen-bond donors (Lipinski definition) is 0. The summed E-state index contributed by atoms with van der Waals surface area (Å²) in [4.78, 5) is 38.3. The summed E-state index contributed by atoms with van der Waals surface area (Å²) in [5, 5.41) is 0. The lowest BCUT2D eigenvalue weighted by Gasteiger charge is -2.18. The van der Waals surface area contributed by atoms with Crippen molar-refractivity contribution in [2.24, 2.45) is 0 Å². The molecule has 0 aliphatic carbocycles. The Morgan fingerprint density at radius 2 is 0.554 bits per heavy atom. The van der Waals surface area contributed by atoms with Crippen LogP contribution in [0.25, 0.3) is 0 Å². The monoisotopic (exact) mass is 1030 g/mol. The van der Waals surface area contributed by atoms with Gasteiger partial charge in [-0.1, -0.05) is 292 Å². The molecule has 0 aliphatic rings. The highest BCUT2D eigenvalue weighted by Crippen LogP contribution is 2.17. The summed E-state index contributed by atoms with van der Waals surface area (Å²) in [7, 11) is 0. The molecule has 0 aromatic rings. The van der Waals surface area contributed by atoms with Gasteiger partial charge in [-0.05, 0) is 83.5 Å². The van der Waals surface area contributed by atoms with Gasteiger partial charge in [-0.15, -0.1) is 0 Å². The largest absolute Gasteiger partial charge is 0.462 e. The SMILES string of the molecule is CC/C=C\C/C=C\C/C=C\C/C=C\C/C=C\C/C=C\CCC(=O)OCC(COC(=O)CCCCCCCCCCCCCCCCCCCC)OC(=O)CCCCCCCCCCC/C=C\CCCCCCCC. The molecule has 0 fully saturated rings. The van der Waals surface area contributed by atoms with E-state index in [-0.39, 0.29) is 37.5 Å². The molecule has 6 nitrogen and oxygen atoms in total. The van der Waals surface area contributed by atoms with E-state index in [4.69, 9.17) is 14.2 Å². The van der Waals surface area contributed by atoms with Gasteiger partial charge in [0.25, 0.3) is 0 Å². The highest BCUT2D eigenvalue weighted by Gasteiger charge is 2.19. The Morgan fingerprint density at radius 3 is 0.905 bits per heavy atom. The first kappa shape index (κ1) is 70.6. The van der Waals surface area contributed by atoms with E-state index in [1.165, 1.54) is 186 Å². The van der Waals surface area contributed by atoms with Crippen LogP contribution in [0.15, 0.2) is 85.1 Å². The van der Waals surface area contributed by atoms with Crippen LogP contribution in [0, 0.1) is 0 Å². The molecule has 426 valence electrons. The van der Waals surface area contributed by atoms with Crippen molar-refractivity contribution in [1.82, 2.24) is 0 Å². The van der Waals surface area contributed by atoms with E-state index in [0.717, 1.165) is 77.0 Å². The number of allylic oxidation sites excluding steroid dienone is 14. The second kappa shape index (κ2) is 62.1. The third-order valence-electron chi connectivity index (χ3n) is 13.6. The second-order valence-electron chi connectivity index (χ2n) is 20.9. The van der Waals surface area contributed by atoms with Crippen LogP contribution < -0.4 is 0 Å². The molecular formula is C68H118O6. The summed E-state index contributed by atoms with van der Waals surface area (Å²) in [6, 6.07) is 0. The topological polar surface area (TPSA) is 78.9 Å². The third kappa shape index (κ3) is 59.5. The fourth-order valence-electron chi connectivity index (χ4n) is 8.94. The van der Waals surface area contributed by atoms with E-state index in [0.29, 0.717) is 19.3 Å². The molecule has 0 bridgehead atoms. The second-order valence-corrected chi connectivity index (χ2v) is 20.9. The number of carbonyl (C=O) groups is 3. The van der Waals surface area contributed by atoms with Crippen LogP contribution in [0.3, 0.4) is 0 Å². The molecule has 6 heteroatoms. The first-order valence-electron chi connectivity index (χ1n) is 31.6. The fraction of sp³-hybridized carbons (Fsp3) is 0.750. The van der Waals surface area contributed by atoms with Crippen molar-refractivity contribution < 1.29 is 28.6 Å². The average Bonchev–Trinajstić information content (AvgIpc) is 3.40. The van der Waals surface area contributed by atoms with Gasteiger partial charge in [0, 0.05) is 19.3 Å². The highest BCUT2D eigenvalue weighted by molar-refractivity contribution is 5.71. The van der Waals surface area contributed by atoms with Crippen LogP contribution in [0.2, 0.25) is 0 Å². The fourth-order valence-corrected chi connectivity index (χ4v) is 8.94. The van der Waals surface area contributed by atoms with E-state index in [1.807, 2.05) is 6.08 Å². The minimum Gasteiger partial charge on any atom is -0.462 e. The van der Waals surface area contributed by atoms with Crippen molar-refractivity contribution in [3.8, 4) is 0 Å². The predicted molar refractivity (Wildman–Crippen MR) is 321 cm³/mol. The van der Waals surface area contributed by atoms with Gasteiger partial charge in [0.15, 0.2) is 6.10 Å². The summed E-state index contributed by atoms with van der Waals surface area (Å²) < 4.78 is 16.9. The predicted octanol–water partition coefficient (Wildman–Crippen LogP) is 21.5. The summed E-state index contributed by atoms with van der Waals surface area (Å²) in [6.07, 6.45) is 81.7. The van der Waals surface area contributed by atoms with Crippen molar-refractivity contribution in [1.29, 1.82) is 0 Å². The summed E-state index contributed by atoms with van der Waals surface area (Å²) in [5.74, 6) is -0.974. The van der Waals surface area contributed by atoms with Gasteiger partial charge in [-0.2, -0.15) is 0 Å². The van der Waals surface area contributed by atoms with Crippen LogP contribution in [-0.4, -0.2) is 37.2 Å². The Morgan fingerprint density at radius 1 is 0.284 bits per heavy atom.